The molecule has 1 aliphatic carbocycles. The van der Waals surface area contributed by atoms with Crippen LogP contribution >= 0.6 is 12.2 Å². The molecule has 0 spiro atoms. The molecule has 0 aromatic heterocycles. The molecule has 1 aliphatic rings. The maximum Gasteiger partial charge on any atom is 0.273 e. The summed E-state index contributed by atoms with van der Waals surface area (Å²) >= 11 is 5.11. The van der Waals surface area contributed by atoms with Gasteiger partial charge in [-0.2, -0.15) is 0 Å². The summed E-state index contributed by atoms with van der Waals surface area (Å²) in [7, 11) is 1.39. The maximum atomic E-state index is 12.2. The number of nitrogens with zero attached hydrogens (tertiary/aromatic N) is 1. The van der Waals surface area contributed by atoms with Crippen molar-refractivity contribution >= 4 is 28.9 Å². The number of hydrazine groups is 1. The summed E-state index contributed by atoms with van der Waals surface area (Å²) in [6.07, 6.45) is 4.43. The summed E-state index contributed by atoms with van der Waals surface area (Å²) < 4.78 is 5.06. The smallest absolute Gasteiger partial charge is 0.273 e. The van der Waals surface area contributed by atoms with Gasteiger partial charge in [0.25, 0.3) is 11.6 Å². The van der Waals surface area contributed by atoms with Crippen LogP contribution in [-0.2, 0) is 0 Å². The van der Waals surface area contributed by atoms with E-state index in [1.165, 1.54) is 19.2 Å². The van der Waals surface area contributed by atoms with E-state index in [-0.39, 0.29) is 17.0 Å². The van der Waals surface area contributed by atoms with Gasteiger partial charge < -0.3 is 10.1 Å². The Hall–Kier alpha value is -2.42. The fourth-order valence-corrected chi connectivity index (χ4v) is 2.68. The van der Waals surface area contributed by atoms with E-state index in [1.54, 1.807) is 0 Å². The topological polar surface area (TPSA) is 106 Å². The van der Waals surface area contributed by atoms with E-state index >= 15 is 0 Å². The highest BCUT2D eigenvalue weighted by Gasteiger charge is 2.19. The normalized spacial score (nSPS) is 14.1. The highest BCUT2D eigenvalue weighted by Crippen LogP contribution is 2.23. The van der Waals surface area contributed by atoms with Crippen LogP contribution in [-0.4, -0.2) is 29.1 Å². The number of nitrogens with one attached hydrogen (secondary N) is 3. The minimum absolute atomic E-state index is 0.0536. The van der Waals surface area contributed by atoms with E-state index in [0.29, 0.717) is 11.2 Å². The van der Waals surface area contributed by atoms with Crippen LogP contribution in [0.3, 0.4) is 0 Å². The van der Waals surface area contributed by atoms with Crippen LogP contribution < -0.4 is 20.9 Å². The Morgan fingerprint density at radius 1 is 1.35 bits per heavy atom. The Morgan fingerprint density at radius 2 is 2.04 bits per heavy atom. The molecule has 0 radical (unpaired) electrons. The average molecular weight is 338 g/mol. The second kappa shape index (κ2) is 7.73. The molecule has 8 nitrogen and oxygen atoms in total. The molecule has 0 atom stereocenters. The number of thiocarbonyl (C=S) groups is 1. The van der Waals surface area contributed by atoms with Gasteiger partial charge in [0.15, 0.2) is 5.11 Å². The minimum atomic E-state index is -0.573. The van der Waals surface area contributed by atoms with Crippen molar-refractivity contribution < 1.29 is 14.5 Å². The summed E-state index contributed by atoms with van der Waals surface area (Å²) in [4.78, 5) is 22.4. The van der Waals surface area contributed by atoms with Gasteiger partial charge in [0, 0.05) is 18.2 Å². The van der Waals surface area contributed by atoms with Crippen molar-refractivity contribution in [3.05, 3.63) is 33.9 Å². The SMILES string of the molecule is COc1ccc([N+](=O)[O-])cc1C(=O)NNC(=S)NC1CCCC1. The van der Waals surface area contributed by atoms with Crippen LogP contribution in [0.15, 0.2) is 18.2 Å². The first-order valence-electron chi connectivity index (χ1n) is 7.20. The number of nitro groups is 1. The van der Waals surface area contributed by atoms with Crippen molar-refractivity contribution in [2.24, 2.45) is 0 Å². The molecule has 0 saturated heterocycles. The molecule has 3 N–H and O–H groups in total. The summed E-state index contributed by atoms with van der Waals surface area (Å²) in [5.74, 6) is -0.328. The number of non-ortho nitro benzene ring substituents is 1. The van der Waals surface area contributed by atoms with Crippen LogP contribution in [0.5, 0.6) is 5.75 Å². The number of hydrogen-bond donors (Lipinski definition) is 3. The lowest BCUT2D eigenvalue weighted by atomic mass is 10.1. The lowest BCUT2D eigenvalue weighted by molar-refractivity contribution is -0.384. The highest BCUT2D eigenvalue weighted by atomic mass is 32.1. The van der Waals surface area contributed by atoms with E-state index in [0.717, 1.165) is 31.7 Å². The van der Waals surface area contributed by atoms with Gasteiger partial charge in [-0.1, -0.05) is 12.8 Å². The third kappa shape index (κ3) is 4.52. The molecule has 1 saturated carbocycles. The quantitative estimate of drug-likeness (QED) is 0.435. The zero-order valence-corrected chi connectivity index (χ0v) is 13.4. The monoisotopic (exact) mass is 338 g/mol. The summed E-state index contributed by atoms with van der Waals surface area (Å²) in [6, 6.07) is 4.13. The summed E-state index contributed by atoms with van der Waals surface area (Å²) in [6.45, 7) is 0. The van der Waals surface area contributed by atoms with Gasteiger partial charge in [0.1, 0.15) is 5.75 Å². The molecule has 124 valence electrons. The molecule has 0 heterocycles. The molecule has 1 aromatic carbocycles. The molecule has 1 aromatic rings. The number of nitro benzene ring substituents is 1. The third-order valence-electron chi connectivity index (χ3n) is 3.62. The maximum absolute atomic E-state index is 12.2. The van der Waals surface area contributed by atoms with E-state index in [2.05, 4.69) is 16.2 Å². The summed E-state index contributed by atoms with van der Waals surface area (Å²) in [5, 5.41) is 14.2. The first kappa shape index (κ1) is 16.9. The van der Waals surface area contributed by atoms with Crippen molar-refractivity contribution in [1.82, 2.24) is 16.2 Å². The molecule has 9 heteroatoms. The number of benzene rings is 1. The highest BCUT2D eigenvalue weighted by molar-refractivity contribution is 7.80. The largest absolute Gasteiger partial charge is 0.496 e. The number of ether oxygens (including phenoxy) is 1. The number of methoxy groups -OCH3 is 1. The van der Waals surface area contributed by atoms with Crippen molar-refractivity contribution in [1.29, 1.82) is 0 Å². The third-order valence-corrected chi connectivity index (χ3v) is 3.84. The van der Waals surface area contributed by atoms with Gasteiger partial charge in [-0.3, -0.25) is 25.8 Å². The molecule has 23 heavy (non-hydrogen) atoms. The van der Waals surface area contributed by atoms with Crippen LogP contribution in [0.25, 0.3) is 0 Å². The van der Waals surface area contributed by atoms with E-state index in [1.807, 2.05) is 0 Å². The van der Waals surface area contributed by atoms with Crippen molar-refractivity contribution in [2.45, 2.75) is 31.7 Å². The predicted octanol–water partition coefficient (Wildman–Crippen LogP) is 1.65. The average Bonchev–Trinajstić information content (AvgIpc) is 3.04. The Balaban J connectivity index is 1.97. The zero-order chi connectivity index (χ0) is 16.8. The van der Waals surface area contributed by atoms with E-state index < -0.39 is 10.8 Å². The van der Waals surface area contributed by atoms with Gasteiger partial charge >= 0.3 is 0 Å². The number of amides is 1. The van der Waals surface area contributed by atoms with Crippen molar-refractivity contribution in [3.63, 3.8) is 0 Å². The standard InChI is InChI=1S/C14H18N4O4S/c1-22-12-7-6-10(18(20)21)8-11(12)13(19)16-17-14(23)15-9-4-2-3-5-9/h6-9H,2-5H2,1H3,(H,16,19)(H2,15,17,23). The first-order valence-corrected chi connectivity index (χ1v) is 7.61. The second-order valence-electron chi connectivity index (χ2n) is 5.18. The fourth-order valence-electron chi connectivity index (χ4n) is 2.46. The fraction of sp³-hybridized carbons (Fsp3) is 0.429. The number of rotatable bonds is 4. The van der Waals surface area contributed by atoms with Crippen LogP contribution in [0, 0.1) is 10.1 Å². The second-order valence-corrected chi connectivity index (χ2v) is 5.58. The molecule has 1 amide bonds. The lowest BCUT2D eigenvalue weighted by Crippen LogP contribution is -2.49. The van der Waals surface area contributed by atoms with Gasteiger partial charge in [-0.15, -0.1) is 0 Å². The van der Waals surface area contributed by atoms with Gasteiger partial charge in [0.2, 0.25) is 0 Å². The number of carbonyl (C=O) groups is 1. The van der Waals surface area contributed by atoms with Crippen LogP contribution in [0.4, 0.5) is 5.69 Å². The molecule has 0 unspecified atom stereocenters. The molecular formula is C14H18N4O4S. The Labute approximate surface area is 138 Å². The van der Waals surface area contributed by atoms with Crippen LogP contribution in [0.2, 0.25) is 0 Å². The number of hydrogen-bond acceptors (Lipinski definition) is 5. The minimum Gasteiger partial charge on any atom is -0.496 e. The summed E-state index contributed by atoms with van der Waals surface area (Å²) in [5.41, 5.74) is 4.88. The van der Waals surface area contributed by atoms with Crippen LogP contribution in [0.1, 0.15) is 36.0 Å². The van der Waals surface area contributed by atoms with Crippen molar-refractivity contribution in [3.8, 4) is 5.75 Å². The zero-order valence-electron chi connectivity index (χ0n) is 12.6. The molecule has 2 rings (SSSR count). The molecule has 0 aliphatic heterocycles. The lowest BCUT2D eigenvalue weighted by Gasteiger charge is -2.16. The Morgan fingerprint density at radius 3 is 2.65 bits per heavy atom. The van der Waals surface area contributed by atoms with E-state index in [9.17, 15) is 14.9 Å². The first-order chi connectivity index (χ1) is 11.0. The van der Waals surface area contributed by atoms with E-state index in [4.69, 9.17) is 17.0 Å². The van der Waals surface area contributed by atoms with Crippen molar-refractivity contribution in [2.75, 3.05) is 7.11 Å². The molecule has 1 fully saturated rings. The van der Waals surface area contributed by atoms with Gasteiger partial charge in [0.05, 0.1) is 17.6 Å². The Kier molecular flexibility index (Phi) is 5.69. The molecule has 0 bridgehead atoms. The Bertz CT molecular complexity index is 617. The number of carbonyl (C=O) groups excluding carboxylic acids is 1. The molecular weight excluding hydrogens is 320 g/mol. The van der Waals surface area contributed by atoms with Gasteiger partial charge in [-0.25, -0.2) is 0 Å². The predicted molar refractivity (Wildman–Crippen MR) is 88.2 cm³/mol. The van der Waals surface area contributed by atoms with Gasteiger partial charge in [-0.05, 0) is 31.1 Å².